The summed E-state index contributed by atoms with van der Waals surface area (Å²) in [5.74, 6) is 0.880. The highest BCUT2D eigenvalue weighted by molar-refractivity contribution is 7.18. The molecule has 0 aromatic carbocycles. The van der Waals surface area contributed by atoms with E-state index in [1.165, 1.54) is 4.88 Å². The number of fused-ring (bicyclic) bond motifs is 1. The van der Waals surface area contributed by atoms with Gasteiger partial charge < -0.3 is 5.32 Å². The van der Waals surface area contributed by atoms with E-state index >= 15 is 0 Å². The summed E-state index contributed by atoms with van der Waals surface area (Å²) in [5.41, 5.74) is -0.260. The van der Waals surface area contributed by atoms with Gasteiger partial charge in [-0.3, -0.25) is 0 Å². The van der Waals surface area contributed by atoms with Crippen LogP contribution in [0.4, 0.5) is 5.82 Å². The average Bonchev–Trinajstić information content (AvgIpc) is 2.92. The van der Waals surface area contributed by atoms with Crippen LogP contribution in [0.25, 0.3) is 10.2 Å². The van der Waals surface area contributed by atoms with Crippen LogP contribution >= 0.6 is 11.3 Å². The van der Waals surface area contributed by atoms with E-state index in [2.05, 4.69) is 53.1 Å². The zero-order chi connectivity index (χ0) is 14.0. The molecule has 0 spiro atoms. The lowest BCUT2D eigenvalue weighted by Gasteiger charge is -2.29. The van der Waals surface area contributed by atoms with Crippen molar-refractivity contribution in [2.24, 2.45) is 0 Å². The molecule has 0 saturated heterocycles. The van der Waals surface area contributed by atoms with Crippen LogP contribution in [-0.2, 0) is 6.42 Å². The Bertz CT molecular complexity index is 699. The summed E-state index contributed by atoms with van der Waals surface area (Å²) in [7, 11) is 0. The zero-order valence-corrected chi connectivity index (χ0v) is 12.3. The number of hydrogen-bond donors (Lipinski definition) is 1. The first kappa shape index (κ1) is 13.1. The molecular formula is C16H17N3S. The van der Waals surface area contributed by atoms with Crippen molar-refractivity contribution in [3.8, 4) is 0 Å². The second kappa shape index (κ2) is 5.21. The van der Waals surface area contributed by atoms with E-state index in [1.54, 1.807) is 17.7 Å². The third-order valence-electron chi connectivity index (χ3n) is 3.54. The molecule has 20 heavy (non-hydrogen) atoms. The van der Waals surface area contributed by atoms with Crippen molar-refractivity contribution in [2.45, 2.75) is 25.3 Å². The number of allylic oxidation sites excluding steroid dienone is 2. The number of anilines is 1. The van der Waals surface area contributed by atoms with E-state index in [4.69, 9.17) is 0 Å². The minimum Gasteiger partial charge on any atom is -0.357 e. The van der Waals surface area contributed by atoms with Crippen LogP contribution < -0.4 is 5.32 Å². The van der Waals surface area contributed by atoms with E-state index in [0.29, 0.717) is 0 Å². The molecule has 102 valence electrons. The fourth-order valence-electron chi connectivity index (χ4n) is 2.33. The summed E-state index contributed by atoms with van der Waals surface area (Å²) in [6.45, 7) is 6.12. The molecule has 2 heterocycles. The molecule has 0 fully saturated rings. The summed E-state index contributed by atoms with van der Waals surface area (Å²) in [6.07, 6.45) is 13.8. The molecule has 1 atom stereocenters. The van der Waals surface area contributed by atoms with Gasteiger partial charge in [0.25, 0.3) is 0 Å². The van der Waals surface area contributed by atoms with Crippen LogP contribution in [0.3, 0.4) is 0 Å². The molecule has 0 bridgehead atoms. The van der Waals surface area contributed by atoms with Crippen LogP contribution in [0, 0.1) is 0 Å². The second-order valence-electron chi connectivity index (χ2n) is 4.87. The van der Waals surface area contributed by atoms with E-state index in [9.17, 15) is 0 Å². The van der Waals surface area contributed by atoms with Gasteiger partial charge in [-0.25, -0.2) is 9.97 Å². The quantitative estimate of drug-likeness (QED) is 0.858. The minimum absolute atomic E-state index is 0.260. The summed E-state index contributed by atoms with van der Waals surface area (Å²) in [4.78, 5) is 11.1. The summed E-state index contributed by atoms with van der Waals surface area (Å²) >= 11 is 1.73. The Morgan fingerprint density at radius 1 is 1.45 bits per heavy atom. The van der Waals surface area contributed by atoms with E-state index in [-0.39, 0.29) is 5.54 Å². The second-order valence-corrected chi connectivity index (χ2v) is 5.98. The first-order valence-corrected chi connectivity index (χ1v) is 7.57. The molecule has 0 radical (unpaired) electrons. The van der Waals surface area contributed by atoms with Gasteiger partial charge in [0.1, 0.15) is 17.0 Å². The fourth-order valence-corrected chi connectivity index (χ4v) is 3.27. The maximum atomic E-state index is 4.42. The van der Waals surface area contributed by atoms with Crippen LogP contribution in [0.1, 0.15) is 18.2 Å². The van der Waals surface area contributed by atoms with Crippen LogP contribution in [0.2, 0.25) is 0 Å². The summed E-state index contributed by atoms with van der Waals surface area (Å²) < 4.78 is 0. The number of nitrogens with zero attached hydrogens (tertiary/aromatic N) is 2. The van der Waals surface area contributed by atoms with Gasteiger partial charge in [-0.1, -0.05) is 37.3 Å². The number of aryl methyl sites for hydroxylation is 1. The Morgan fingerprint density at radius 3 is 3.05 bits per heavy atom. The maximum Gasteiger partial charge on any atom is 0.139 e. The molecule has 1 unspecified atom stereocenters. The van der Waals surface area contributed by atoms with E-state index in [1.807, 2.05) is 12.2 Å². The number of aromatic nitrogens is 2. The predicted octanol–water partition coefficient (Wildman–Crippen LogP) is 4.11. The van der Waals surface area contributed by atoms with Gasteiger partial charge in [0.05, 0.1) is 10.9 Å². The number of thiophene rings is 1. The first-order chi connectivity index (χ1) is 9.76. The molecule has 0 saturated carbocycles. The van der Waals surface area contributed by atoms with Crippen molar-refractivity contribution in [1.82, 2.24) is 9.97 Å². The number of rotatable bonds is 4. The maximum absolute atomic E-state index is 4.42. The molecule has 1 aliphatic rings. The van der Waals surface area contributed by atoms with Crippen molar-refractivity contribution >= 4 is 27.4 Å². The smallest absolute Gasteiger partial charge is 0.139 e. The van der Waals surface area contributed by atoms with Gasteiger partial charge in [-0.2, -0.15) is 0 Å². The zero-order valence-electron chi connectivity index (χ0n) is 11.5. The molecular weight excluding hydrogens is 266 g/mol. The molecule has 0 aliphatic heterocycles. The number of nitrogens with one attached hydrogen (secondary N) is 1. The van der Waals surface area contributed by atoms with Gasteiger partial charge in [-0.05, 0) is 18.9 Å². The van der Waals surface area contributed by atoms with Crippen LogP contribution in [0.15, 0.2) is 49.4 Å². The Labute approximate surface area is 122 Å². The number of hydrogen-bond acceptors (Lipinski definition) is 4. The van der Waals surface area contributed by atoms with Gasteiger partial charge in [-0.15, -0.1) is 17.9 Å². The minimum atomic E-state index is -0.260. The van der Waals surface area contributed by atoms with Gasteiger partial charge in [0.2, 0.25) is 0 Å². The third-order valence-corrected chi connectivity index (χ3v) is 4.73. The Balaban J connectivity index is 2.01. The molecule has 2 aromatic heterocycles. The van der Waals surface area contributed by atoms with Crippen molar-refractivity contribution < 1.29 is 0 Å². The molecule has 3 nitrogen and oxygen atoms in total. The fraction of sp³-hybridized carbons (Fsp3) is 0.250. The van der Waals surface area contributed by atoms with Crippen molar-refractivity contribution in [1.29, 1.82) is 0 Å². The lowest BCUT2D eigenvalue weighted by molar-refractivity contribution is 0.713. The first-order valence-electron chi connectivity index (χ1n) is 6.76. The van der Waals surface area contributed by atoms with Crippen molar-refractivity contribution in [3.63, 3.8) is 0 Å². The lowest BCUT2D eigenvalue weighted by atomic mass is 9.91. The highest BCUT2D eigenvalue weighted by Gasteiger charge is 2.24. The molecule has 1 N–H and O–H groups in total. The van der Waals surface area contributed by atoms with Crippen LogP contribution in [0.5, 0.6) is 0 Å². The summed E-state index contributed by atoms with van der Waals surface area (Å²) in [5, 5.41) is 4.62. The highest BCUT2D eigenvalue weighted by Crippen LogP contribution is 2.32. The summed E-state index contributed by atoms with van der Waals surface area (Å²) in [6, 6.07) is 2.18. The Hall–Kier alpha value is -1.94. The Morgan fingerprint density at radius 2 is 2.35 bits per heavy atom. The molecule has 3 rings (SSSR count). The van der Waals surface area contributed by atoms with Crippen molar-refractivity contribution in [3.05, 3.63) is 54.2 Å². The highest BCUT2D eigenvalue weighted by atomic mass is 32.1. The molecule has 4 heteroatoms. The molecule has 2 aromatic rings. The average molecular weight is 283 g/mol. The standard InChI is InChI=1S/C16H17N3S/c1-3-12-10-13-14(17-11-18-15(13)20-12)19-16(4-2)8-6-5-7-9-16/h4-8,10-11H,2-3,9H2,1H3,(H,17,18,19). The lowest BCUT2D eigenvalue weighted by Crippen LogP contribution is -2.34. The normalized spacial score (nSPS) is 21.2. The predicted molar refractivity (Wildman–Crippen MR) is 86.2 cm³/mol. The monoisotopic (exact) mass is 283 g/mol. The molecule has 1 aliphatic carbocycles. The Kier molecular flexibility index (Phi) is 3.40. The van der Waals surface area contributed by atoms with Crippen LogP contribution in [-0.4, -0.2) is 15.5 Å². The van der Waals surface area contributed by atoms with Crippen molar-refractivity contribution in [2.75, 3.05) is 5.32 Å². The largest absolute Gasteiger partial charge is 0.357 e. The van der Waals surface area contributed by atoms with E-state index in [0.717, 1.165) is 28.9 Å². The third kappa shape index (κ3) is 2.27. The SMILES string of the molecule is C=CC1(Nc2ncnc3sc(CC)cc23)C=CC=CC1. The van der Waals surface area contributed by atoms with Gasteiger partial charge >= 0.3 is 0 Å². The van der Waals surface area contributed by atoms with E-state index < -0.39 is 0 Å². The topological polar surface area (TPSA) is 37.8 Å². The van der Waals surface area contributed by atoms with Gasteiger partial charge in [0.15, 0.2) is 0 Å². The van der Waals surface area contributed by atoms with Gasteiger partial charge in [0, 0.05) is 4.88 Å². The molecule has 0 amide bonds.